The van der Waals surface area contributed by atoms with Gasteiger partial charge in [-0.05, 0) is 57.5 Å². The number of nitrogens with zero attached hydrogens (tertiary/aromatic N) is 3. The minimum Gasteiger partial charge on any atom is -0.378 e. The van der Waals surface area contributed by atoms with Crippen molar-refractivity contribution >= 4 is 11.6 Å². The van der Waals surface area contributed by atoms with Crippen molar-refractivity contribution < 1.29 is 0 Å². The van der Waals surface area contributed by atoms with E-state index in [-0.39, 0.29) is 5.54 Å². The molecular weight excluding hydrogens is 310 g/mol. The second-order valence-electron chi connectivity index (χ2n) is 7.70. The summed E-state index contributed by atoms with van der Waals surface area (Å²) < 4.78 is 0. The maximum Gasteiger partial charge on any atom is 0.191 e. The lowest BCUT2D eigenvalue weighted by Crippen LogP contribution is -2.54. The van der Waals surface area contributed by atoms with Crippen molar-refractivity contribution in [2.45, 2.75) is 45.2 Å². The van der Waals surface area contributed by atoms with Crippen molar-refractivity contribution in [3.05, 3.63) is 29.8 Å². The Balaban J connectivity index is 1.85. The van der Waals surface area contributed by atoms with Crippen molar-refractivity contribution in [3.8, 4) is 0 Å². The summed E-state index contributed by atoms with van der Waals surface area (Å²) in [7, 11) is 5.96. The Bertz CT molecular complexity index is 559. The first-order valence-corrected chi connectivity index (χ1v) is 9.38. The average Bonchev–Trinajstić information content (AvgIpc) is 2.63. The Labute approximate surface area is 153 Å². The number of benzene rings is 1. The molecule has 0 aromatic heterocycles. The van der Waals surface area contributed by atoms with Crippen LogP contribution in [0.15, 0.2) is 29.3 Å². The quantitative estimate of drug-likeness (QED) is 0.614. The summed E-state index contributed by atoms with van der Waals surface area (Å²) in [5.41, 5.74) is 2.61. The van der Waals surface area contributed by atoms with E-state index >= 15 is 0 Å². The Morgan fingerprint density at radius 1 is 1.16 bits per heavy atom. The first-order chi connectivity index (χ1) is 11.9. The molecule has 0 aliphatic carbocycles. The molecule has 1 fully saturated rings. The standard InChI is InChI=1S/C20H35N5/c1-20(2,25-12-7-6-8-13-25)16-23-19(21-3)22-15-17-10-9-11-18(14-17)24(4)5/h9-11,14H,6-8,12-13,15-16H2,1-5H3,(H2,21,22,23). The smallest absolute Gasteiger partial charge is 0.191 e. The highest BCUT2D eigenvalue weighted by atomic mass is 15.2. The van der Waals surface area contributed by atoms with Crippen LogP contribution in [0.2, 0.25) is 0 Å². The molecule has 0 saturated carbocycles. The molecule has 0 radical (unpaired) electrons. The summed E-state index contributed by atoms with van der Waals surface area (Å²) in [5, 5.41) is 6.93. The van der Waals surface area contributed by atoms with Crippen LogP contribution in [0.25, 0.3) is 0 Å². The number of aliphatic imine (C=N–C) groups is 1. The van der Waals surface area contributed by atoms with E-state index in [1.165, 1.54) is 43.6 Å². The molecule has 2 N–H and O–H groups in total. The van der Waals surface area contributed by atoms with Crippen LogP contribution in [-0.2, 0) is 6.54 Å². The Morgan fingerprint density at radius 2 is 1.88 bits per heavy atom. The molecule has 5 heteroatoms. The molecule has 1 saturated heterocycles. The van der Waals surface area contributed by atoms with Crippen LogP contribution >= 0.6 is 0 Å². The molecule has 0 atom stereocenters. The van der Waals surface area contributed by atoms with Gasteiger partial charge in [0.1, 0.15) is 0 Å². The first kappa shape index (κ1) is 19.6. The van der Waals surface area contributed by atoms with E-state index in [1.807, 2.05) is 7.05 Å². The third-order valence-electron chi connectivity index (χ3n) is 5.01. The highest BCUT2D eigenvalue weighted by Crippen LogP contribution is 2.19. The molecule has 0 spiro atoms. The van der Waals surface area contributed by atoms with E-state index < -0.39 is 0 Å². The summed E-state index contributed by atoms with van der Waals surface area (Å²) in [6.45, 7) is 8.71. The molecule has 1 aromatic carbocycles. The van der Waals surface area contributed by atoms with Crippen LogP contribution in [0, 0.1) is 0 Å². The second-order valence-corrected chi connectivity index (χ2v) is 7.70. The van der Waals surface area contributed by atoms with E-state index in [9.17, 15) is 0 Å². The topological polar surface area (TPSA) is 42.9 Å². The van der Waals surface area contributed by atoms with Gasteiger partial charge >= 0.3 is 0 Å². The van der Waals surface area contributed by atoms with E-state index in [0.29, 0.717) is 0 Å². The van der Waals surface area contributed by atoms with Crippen LogP contribution in [-0.4, -0.2) is 57.2 Å². The molecule has 25 heavy (non-hydrogen) atoms. The summed E-state index contributed by atoms with van der Waals surface area (Å²) in [6, 6.07) is 8.57. The highest BCUT2D eigenvalue weighted by Gasteiger charge is 2.27. The van der Waals surface area contributed by atoms with Gasteiger partial charge in [-0.15, -0.1) is 0 Å². The van der Waals surface area contributed by atoms with Crippen molar-refractivity contribution in [1.29, 1.82) is 0 Å². The van der Waals surface area contributed by atoms with E-state index in [1.54, 1.807) is 0 Å². The van der Waals surface area contributed by atoms with Crippen LogP contribution < -0.4 is 15.5 Å². The van der Waals surface area contributed by atoms with Crippen molar-refractivity contribution in [3.63, 3.8) is 0 Å². The van der Waals surface area contributed by atoms with Gasteiger partial charge in [0.2, 0.25) is 0 Å². The molecule has 0 amide bonds. The number of anilines is 1. The lowest BCUT2D eigenvalue weighted by molar-refractivity contribution is 0.0982. The Hall–Kier alpha value is -1.75. The summed E-state index contributed by atoms with van der Waals surface area (Å²) in [5.74, 6) is 0.861. The fourth-order valence-electron chi connectivity index (χ4n) is 3.26. The molecule has 1 aliphatic heterocycles. The normalized spacial score (nSPS) is 16.6. The lowest BCUT2D eigenvalue weighted by atomic mass is 9.98. The predicted molar refractivity (Wildman–Crippen MR) is 108 cm³/mol. The fourth-order valence-corrected chi connectivity index (χ4v) is 3.26. The number of nitrogens with one attached hydrogen (secondary N) is 2. The van der Waals surface area contributed by atoms with E-state index in [2.05, 4.69) is 77.6 Å². The molecule has 0 bridgehead atoms. The molecule has 140 valence electrons. The summed E-state index contributed by atoms with van der Waals surface area (Å²) >= 11 is 0. The van der Waals surface area contributed by atoms with Gasteiger partial charge in [0.05, 0.1) is 0 Å². The monoisotopic (exact) mass is 345 g/mol. The van der Waals surface area contributed by atoms with Gasteiger partial charge in [-0.25, -0.2) is 0 Å². The second kappa shape index (κ2) is 9.09. The van der Waals surface area contributed by atoms with Gasteiger partial charge in [-0.2, -0.15) is 0 Å². The zero-order chi connectivity index (χ0) is 18.3. The SMILES string of the molecule is CN=C(NCc1cccc(N(C)C)c1)NCC(C)(C)N1CCCCC1. The van der Waals surface area contributed by atoms with Gasteiger partial charge in [0.15, 0.2) is 5.96 Å². The molecule has 1 aromatic rings. The third-order valence-corrected chi connectivity index (χ3v) is 5.01. The molecule has 5 nitrogen and oxygen atoms in total. The van der Waals surface area contributed by atoms with Gasteiger partial charge in [0, 0.05) is 45.5 Å². The average molecular weight is 346 g/mol. The fraction of sp³-hybridized carbons (Fsp3) is 0.650. The zero-order valence-corrected chi connectivity index (χ0v) is 16.6. The highest BCUT2D eigenvalue weighted by molar-refractivity contribution is 5.79. The maximum atomic E-state index is 4.37. The van der Waals surface area contributed by atoms with Crippen LogP contribution in [0.5, 0.6) is 0 Å². The number of hydrogen-bond acceptors (Lipinski definition) is 3. The minimum absolute atomic E-state index is 0.142. The summed E-state index contributed by atoms with van der Waals surface area (Å²) in [4.78, 5) is 9.09. The van der Waals surface area contributed by atoms with Gasteiger partial charge in [0.25, 0.3) is 0 Å². The van der Waals surface area contributed by atoms with Crippen molar-refractivity contribution in [1.82, 2.24) is 15.5 Å². The minimum atomic E-state index is 0.142. The number of guanidine groups is 1. The number of piperidine rings is 1. The molecular formula is C20H35N5. The van der Waals surface area contributed by atoms with Crippen LogP contribution in [0.4, 0.5) is 5.69 Å². The molecule has 1 aliphatic rings. The molecule has 1 heterocycles. The predicted octanol–water partition coefficient (Wildman–Crippen LogP) is 2.68. The number of rotatable bonds is 6. The zero-order valence-electron chi connectivity index (χ0n) is 16.6. The van der Waals surface area contributed by atoms with Gasteiger partial charge < -0.3 is 15.5 Å². The lowest BCUT2D eigenvalue weighted by Gasteiger charge is -2.41. The first-order valence-electron chi connectivity index (χ1n) is 9.38. The molecule has 2 rings (SSSR count). The Morgan fingerprint density at radius 3 is 2.52 bits per heavy atom. The van der Waals surface area contributed by atoms with Crippen molar-refractivity contribution in [2.75, 3.05) is 45.7 Å². The largest absolute Gasteiger partial charge is 0.378 e. The maximum absolute atomic E-state index is 4.37. The van der Waals surface area contributed by atoms with Gasteiger partial charge in [-0.1, -0.05) is 18.6 Å². The van der Waals surface area contributed by atoms with Crippen LogP contribution in [0.1, 0.15) is 38.7 Å². The van der Waals surface area contributed by atoms with E-state index in [0.717, 1.165) is 19.0 Å². The number of likely N-dealkylation sites (tertiary alicyclic amines) is 1. The van der Waals surface area contributed by atoms with Gasteiger partial charge in [-0.3, -0.25) is 9.89 Å². The Kier molecular flexibility index (Phi) is 7.12. The number of hydrogen-bond donors (Lipinski definition) is 2. The molecule has 0 unspecified atom stereocenters. The van der Waals surface area contributed by atoms with E-state index in [4.69, 9.17) is 0 Å². The summed E-state index contributed by atoms with van der Waals surface area (Å²) in [6.07, 6.45) is 4.01. The van der Waals surface area contributed by atoms with Crippen molar-refractivity contribution in [2.24, 2.45) is 4.99 Å². The van der Waals surface area contributed by atoms with Crippen LogP contribution in [0.3, 0.4) is 0 Å². The third kappa shape index (κ3) is 5.92.